The van der Waals surface area contributed by atoms with E-state index in [0.717, 1.165) is 24.4 Å². The second kappa shape index (κ2) is 11.4. The number of morpholine rings is 1. The monoisotopic (exact) mass is 507 g/mol. The number of ether oxygens (including phenoxy) is 3. The Balaban J connectivity index is 1.50. The van der Waals surface area contributed by atoms with Crippen LogP contribution in [0, 0.1) is 6.92 Å². The molecule has 2 aromatic rings. The van der Waals surface area contributed by atoms with Crippen molar-refractivity contribution in [3.05, 3.63) is 47.4 Å². The van der Waals surface area contributed by atoms with E-state index < -0.39 is 10.0 Å². The standard InChI is InChI=1S/C24H33N3O7S/c1-3-35(29,30)27(9-8-25-10-12-31-13-11-25)17-24(28)26(16-21-6-4-19(2)34-21)15-20-5-7-22-23(14-20)33-18-32-22/h4-7,14H,3,8-13,15-18H2,1-2H3. The molecule has 0 N–H and O–H groups in total. The van der Waals surface area contributed by atoms with Crippen LogP contribution in [0.15, 0.2) is 34.7 Å². The van der Waals surface area contributed by atoms with Gasteiger partial charge in [-0.25, -0.2) is 8.42 Å². The summed E-state index contributed by atoms with van der Waals surface area (Å²) in [6.07, 6.45) is 0. The van der Waals surface area contributed by atoms with E-state index in [-0.39, 0.29) is 44.6 Å². The average Bonchev–Trinajstić information content (AvgIpc) is 3.49. The number of amides is 1. The van der Waals surface area contributed by atoms with Crippen molar-refractivity contribution in [2.45, 2.75) is 26.9 Å². The van der Waals surface area contributed by atoms with Gasteiger partial charge in [0.15, 0.2) is 11.5 Å². The molecule has 0 bridgehead atoms. The highest BCUT2D eigenvalue weighted by atomic mass is 32.2. The molecule has 0 atom stereocenters. The Bertz CT molecular complexity index is 1110. The van der Waals surface area contributed by atoms with Crippen LogP contribution in [0.2, 0.25) is 0 Å². The summed E-state index contributed by atoms with van der Waals surface area (Å²) in [4.78, 5) is 17.3. The van der Waals surface area contributed by atoms with Gasteiger partial charge in [0.2, 0.25) is 22.7 Å². The molecule has 0 radical (unpaired) electrons. The van der Waals surface area contributed by atoms with Crippen LogP contribution in [-0.2, 0) is 32.6 Å². The molecular formula is C24H33N3O7S. The first kappa shape index (κ1) is 25.5. The van der Waals surface area contributed by atoms with E-state index in [0.29, 0.717) is 37.0 Å². The fourth-order valence-corrected chi connectivity index (χ4v) is 5.11. The van der Waals surface area contributed by atoms with Crippen molar-refractivity contribution < 1.29 is 31.8 Å². The fraction of sp³-hybridized carbons (Fsp3) is 0.542. The normalized spacial score (nSPS) is 16.1. The summed E-state index contributed by atoms with van der Waals surface area (Å²) in [7, 11) is -3.57. The Morgan fingerprint density at radius 1 is 1.06 bits per heavy atom. The lowest BCUT2D eigenvalue weighted by Gasteiger charge is -2.30. The molecule has 2 aliphatic rings. The van der Waals surface area contributed by atoms with Gasteiger partial charge in [0.05, 0.1) is 32.1 Å². The molecule has 1 saturated heterocycles. The maximum Gasteiger partial charge on any atom is 0.238 e. The molecule has 4 rings (SSSR count). The summed E-state index contributed by atoms with van der Waals surface area (Å²) >= 11 is 0. The van der Waals surface area contributed by atoms with Crippen molar-refractivity contribution in [1.82, 2.24) is 14.1 Å². The van der Waals surface area contributed by atoms with Crippen LogP contribution < -0.4 is 9.47 Å². The van der Waals surface area contributed by atoms with Crippen LogP contribution >= 0.6 is 0 Å². The maximum atomic E-state index is 13.5. The largest absolute Gasteiger partial charge is 0.464 e. The highest BCUT2D eigenvalue weighted by Crippen LogP contribution is 2.33. The summed E-state index contributed by atoms with van der Waals surface area (Å²) in [5.41, 5.74) is 0.851. The molecule has 0 spiro atoms. The number of furan rings is 1. The first-order valence-corrected chi connectivity index (χ1v) is 13.4. The Morgan fingerprint density at radius 3 is 2.54 bits per heavy atom. The van der Waals surface area contributed by atoms with Crippen LogP contribution in [0.3, 0.4) is 0 Å². The molecule has 3 heterocycles. The van der Waals surface area contributed by atoms with Gasteiger partial charge in [-0.1, -0.05) is 6.07 Å². The maximum absolute atomic E-state index is 13.5. The summed E-state index contributed by atoms with van der Waals surface area (Å²) < 4.78 is 48.9. The van der Waals surface area contributed by atoms with E-state index >= 15 is 0 Å². The quantitative estimate of drug-likeness (QED) is 0.454. The number of hydrogen-bond acceptors (Lipinski definition) is 8. The van der Waals surface area contributed by atoms with E-state index in [1.54, 1.807) is 11.8 Å². The summed E-state index contributed by atoms with van der Waals surface area (Å²) in [6.45, 7) is 7.44. The predicted octanol–water partition coefficient (Wildman–Crippen LogP) is 1.83. The van der Waals surface area contributed by atoms with Crippen LogP contribution in [0.1, 0.15) is 24.0 Å². The zero-order valence-corrected chi connectivity index (χ0v) is 21.1. The van der Waals surface area contributed by atoms with E-state index in [1.807, 2.05) is 37.3 Å². The lowest BCUT2D eigenvalue weighted by Crippen LogP contribution is -2.47. The lowest BCUT2D eigenvalue weighted by molar-refractivity contribution is -0.133. The van der Waals surface area contributed by atoms with E-state index in [1.165, 1.54) is 4.31 Å². The second-order valence-corrected chi connectivity index (χ2v) is 10.9. The summed E-state index contributed by atoms with van der Waals surface area (Å²) in [5, 5.41) is 0. The number of fused-ring (bicyclic) bond motifs is 1. The highest BCUT2D eigenvalue weighted by Gasteiger charge is 2.27. The Kier molecular flexibility index (Phi) is 8.32. The van der Waals surface area contributed by atoms with Gasteiger partial charge in [-0.2, -0.15) is 4.31 Å². The predicted molar refractivity (Wildman–Crippen MR) is 129 cm³/mol. The van der Waals surface area contributed by atoms with Crippen molar-refractivity contribution in [2.24, 2.45) is 0 Å². The number of rotatable bonds is 11. The first-order chi connectivity index (χ1) is 16.8. The van der Waals surface area contributed by atoms with E-state index in [2.05, 4.69) is 4.90 Å². The molecule has 0 saturated carbocycles. The van der Waals surface area contributed by atoms with Gasteiger partial charge in [-0.05, 0) is 43.7 Å². The van der Waals surface area contributed by atoms with Crippen LogP contribution in [0.25, 0.3) is 0 Å². The minimum absolute atomic E-state index is 0.0665. The lowest BCUT2D eigenvalue weighted by atomic mass is 10.2. The zero-order chi connectivity index (χ0) is 24.8. The van der Waals surface area contributed by atoms with Crippen LogP contribution in [0.5, 0.6) is 11.5 Å². The first-order valence-electron chi connectivity index (χ1n) is 11.8. The molecule has 0 unspecified atom stereocenters. The van der Waals surface area contributed by atoms with Crippen molar-refractivity contribution >= 4 is 15.9 Å². The van der Waals surface area contributed by atoms with E-state index in [4.69, 9.17) is 18.6 Å². The number of carbonyl (C=O) groups is 1. The minimum atomic E-state index is -3.57. The smallest absolute Gasteiger partial charge is 0.238 e. The number of aryl methyl sites for hydroxylation is 1. The number of benzene rings is 1. The number of nitrogens with zero attached hydrogens (tertiary/aromatic N) is 3. The molecule has 0 aliphatic carbocycles. The van der Waals surface area contributed by atoms with Gasteiger partial charge in [-0.15, -0.1) is 0 Å². The average molecular weight is 508 g/mol. The van der Waals surface area contributed by atoms with Gasteiger partial charge in [0, 0.05) is 32.7 Å². The second-order valence-electron chi connectivity index (χ2n) is 8.64. The third-order valence-electron chi connectivity index (χ3n) is 6.14. The third-order valence-corrected chi connectivity index (χ3v) is 7.97. The van der Waals surface area contributed by atoms with Crippen molar-refractivity contribution in [2.75, 3.05) is 58.5 Å². The molecule has 1 amide bonds. The molecule has 1 aromatic carbocycles. The molecule has 1 aromatic heterocycles. The Morgan fingerprint density at radius 2 is 1.83 bits per heavy atom. The van der Waals surface area contributed by atoms with Crippen molar-refractivity contribution in [3.8, 4) is 11.5 Å². The fourth-order valence-electron chi connectivity index (χ4n) is 4.08. The van der Waals surface area contributed by atoms with Gasteiger partial charge < -0.3 is 23.5 Å². The SMILES string of the molecule is CCS(=O)(=O)N(CCN1CCOCC1)CC(=O)N(Cc1ccc2c(c1)OCO2)Cc1ccc(C)o1. The molecule has 2 aliphatic heterocycles. The summed E-state index contributed by atoms with van der Waals surface area (Å²) in [6, 6.07) is 9.20. The van der Waals surface area contributed by atoms with E-state index in [9.17, 15) is 13.2 Å². The van der Waals surface area contributed by atoms with Gasteiger partial charge in [-0.3, -0.25) is 9.69 Å². The van der Waals surface area contributed by atoms with Crippen LogP contribution in [0.4, 0.5) is 0 Å². The molecule has 11 heteroatoms. The molecule has 1 fully saturated rings. The molecule has 35 heavy (non-hydrogen) atoms. The Hall–Kier alpha value is -2.60. The van der Waals surface area contributed by atoms with Crippen LogP contribution in [-0.4, -0.2) is 86.9 Å². The minimum Gasteiger partial charge on any atom is -0.464 e. The molecular weight excluding hydrogens is 474 g/mol. The van der Waals surface area contributed by atoms with Gasteiger partial charge in [0.25, 0.3) is 0 Å². The van der Waals surface area contributed by atoms with Crippen molar-refractivity contribution in [3.63, 3.8) is 0 Å². The Labute approximate surface area is 206 Å². The zero-order valence-electron chi connectivity index (χ0n) is 20.3. The number of sulfonamides is 1. The molecule has 192 valence electrons. The van der Waals surface area contributed by atoms with Crippen molar-refractivity contribution in [1.29, 1.82) is 0 Å². The number of carbonyl (C=O) groups excluding carboxylic acids is 1. The van der Waals surface area contributed by atoms with Gasteiger partial charge in [0.1, 0.15) is 11.5 Å². The van der Waals surface area contributed by atoms with Gasteiger partial charge >= 0.3 is 0 Å². The summed E-state index contributed by atoms with van der Waals surface area (Å²) in [5.74, 6) is 2.31. The molecule has 10 nitrogen and oxygen atoms in total. The third kappa shape index (κ3) is 6.75. The topological polar surface area (TPSA) is 102 Å². The number of hydrogen-bond donors (Lipinski definition) is 0. The highest BCUT2D eigenvalue weighted by molar-refractivity contribution is 7.89.